The largest absolute Gasteiger partial charge is 0.496 e. The number of benzene rings is 3. The molecule has 2 N–H and O–H groups in total. The smallest absolute Gasteiger partial charge is 0.134 e. The van der Waals surface area contributed by atoms with Gasteiger partial charge in [0.05, 0.1) is 13.2 Å². The number of furan rings is 1. The molecule has 0 saturated heterocycles. The van der Waals surface area contributed by atoms with Gasteiger partial charge in [-0.25, -0.2) is 0 Å². The van der Waals surface area contributed by atoms with Gasteiger partial charge in [-0.15, -0.1) is 12.4 Å². The molecule has 0 aliphatic heterocycles. The maximum atomic E-state index is 6.44. The van der Waals surface area contributed by atoms with Gasteiger partial charge in [-0.2, -0.15) is 0 Å². The molecule has 0 aliphatic rings. The van der Waals surface area contributed by atoms with E-state index in [2.05, 4.69) is 24.3 Å². The van der Waals surface area contributed by atoms with E-state index in [4.69, 9.17) is 26.5 Å². The minimum Gasteiger partial charge on any atom is -0.496 e. The molecule has 1 atom stereocenters. The lowest BCUT2D eigenvalue weighted by Crippen LogP contribution is -2.12. The Morgan fingerprint density at radius 2 is 1.70 bits per heavy atom. The molecule has 0 saturated carbocycles. The average molecular weight is 400 g/mol. The Labute approximate surface area is 169 Å². The van der Waals surface area contributed by atoms with Gasteiger partial charge in [0.15, 0.2) is 0 Å². The number of rotatable bonds is 4. The monoisotopic (exact) mass is 399 g/mol. The van der Waals surface area contributed by atoms with Gasteiger partial charge in [-0.1, -0.05) is 48.0 Å². The number of ether oxygens (including phenoxy) is 1. The predicted octanol–water partition coefficient (Wildman–Crippen LogP) is 6.23. The van der Waals surface area contributed by atoms with Crippen LogP contribution in [0.5, 0.6) is 5.75 Å². The fraction of sp³-hybridized carbons (Fsp3) is 0.0909. The fourth-order valence-electron chi connectivity index (χ4n) is 3.13. The third-order valence-corrected chi connectivity index (χ3v) is 4.71. The number of hydrogen-bond acceptors (Lipinski definition) is 3. The Bertz CT molecular complexity index is 1060. The van der Waals surface area contributed by atoms with Crippen LogP contribution in [0.3, 0.4) is 0 Å². The minimum absolute atomic E-state index is 0. The van der Waals surface area contributed by atoms with E-state index in [-0.39, 0.29) is 12.4 Å². The topological polar surface area (TPSA) is 48.4 Å². The van der Waals surface area contributed by atoms with Gasteiger partial charge in [0.2, 0.25) is 0 Å². The number of nitrogens with two attached hydrogens (primary N) is 1. The van der Waals surface area contributed by atoms with Crippen molar-refractivity contribution in [2.24, 2.45) is 5.73 Å². The highest BCUT2D eigenvalue weighted by molar-refractivity contribution is 6.30. The van der Waals surface area contributed by atoms with Gasteiger partial charge >= 0.3 is 0 Å². The quantitative estimate of drug-likeness (QED) is 0.442. The molecule has 0 bridgehead atoms. The zero-order valence-electron chi connectivity index (χ0n) is 14.7. The molecule has 3 nitrogen and oxygen atoms in total. The Balaban J connectivity index is 0.00000210. The summed E-state index contributed by atoms with van der Waals surface area (Å²) in [4.78, 5) is 0. The first-order valence-electron chi connectivity index (χ1n) is 8.33. The highest BCUT2D eigenvalue weighted by atomic mass is 35.5. The summed E-state index contributed by atoms with van der Waals surface area (Å²) in [5.74, 6) is 1.36. The molecular formula is C22H19Cl2NO2. The molecule has 1 aromatic heterocycles. The van der Waals surface area contributed by atoms with Gasteiger partial charge in [0, 0.05) is 16.0 Å². The van der Waals surface area contributed by atoms with Crippen molar-refractivity contribution in [3.8, 4) is 16.9 Å². The summed E-state index contributed by atoms with van der Waals surface area (Å²) in [5, 5.41) is 1.62. The van der Waals surface area contributed by atoms with Crippen LogP contribution in [-0.2, 0) is 0 Å². The molecule has 3 aromatic carbocycles. The zero-order chi connectivity index (χ0) is 18.1. The van der Waals surface area contributed by atoms with Gasteiger partial charge in [-0.3, -0.25) is 0 Å². The van der Waals surface area contributed by atoms with Gasteiger partial charge in [0.25, 0.3) is 0 Å². The van der Waals surface area contributed by atoms with Gasteiger partial charge in [-0.05, 0) is 47.5 Å². The van der Waals surface area contributed by atoms with Crippen LogP contribution in [-0.4, -0.2) is 7.11 Å². The standard InChI is InChI=1S/C22H18ClNO2.ClH/c1-25-20-10-8-17(23)13-18(20)22(24)21-12-16-11-15(7-9-19(16)26-21)14-5-3-2-4-6-14;/h2-13,22H,24H2,1H3;1H. The van der Waals surface area contributed by atoms with E-state index in [0.29, 0.717) is 16.5 Å². The van der Waals surface area contributed by atoms with Crippen LogP contribution in [0.25, 0.3) is 22.1 Å². The van der Waals surface area contributed by atoms with Crippen molar-refractivity contribution in [2.75, 3.05) is 7.11 Å². The summed E-state index contributed by atoms with van der Waals surface area (Å²) in [6.07, 6.45) is 0. The Hall–Kier alpha value is -2.46. The van der Waals surface area contributed by atoms with Crippen LogP contribution >= 0.6 is 24.0 Å². The SMILES string of the molecule is COc1ccc(Cl)cc1C(N)c1cc2cc(-c3ccccc3)ccc2o1.Cl. The van der Waals surface area contributed by atoms with E-state index in [1.54, 1.807) is 13.2 Å². The summed E-state index contributed by atoms with van der Waals surface area (Å²) < 4.78 is 11.4. The lowest BCUT2D eigenvalue weighted by molar-refractivity contribution is 0.404. The van der Waals surface area contributed by atoms with E-state index in [1.807, 2.05) is 42.5 Å². The van der Waals surface area contributed by atoms with Crippen LogP contribution in [0.4, 0.5) is 0 Å². The first-order valence-corrected chi connectivity index (χ1v) is 8.71. The highest BCUT2D eigenvalue weighted by Crippen LogP contribution is 2.34. The summed E-state index contributed by atoms with van der Waals surface area (Å²) in [6.45, 7) is 0. The zero-order valence-corrected chi connectivity index (χ0v) is 16.3. The Morgan fingerprint density at radius 1 is 0.926 bits per heavy atom. The van der Waals surface area contributed by atoms with Crippen molar-refractivity contribution < 1.29 is 9.15 Å². The van der Waals surface area contributed by atoms with E-state index in [0.717, 1.165) is 27.7 Å². The molecule has 0 fully saturated rings. The molecule has 4 rings (SSSR count). The molecule has 0 spiro atoms. The molecule has 1 unspecified atom stereocenters. The molecule has 4 aromatic rings. The Kier molecular flexibility index (Phi) is 5.76. The van der Waals surface area contributed by atoms with E-state index in [9.17, 15) is 0 Å². The molecule has 5 heteroatoms. The number of hydrogen-bond donors (Lipinski definition) is 1. The summed E-state index contributed by atoms with van der Waals surface area (Å²) in [7, 11) is 1.62. The maximum Gasteiger partial charge on any atom is 0.134 e. The second kappa shape index (κ2) is 8.05. The molecule has 0 amide bonds. The van der Waals surface area contributed by atoms with E-state index >= 15 is 0 Å². The molecule has 1 heterocycles. The van der Waals surface area contributed by atoms with Crippen LogP contribution < -0.4 is 10.5 Å². The first kappa shape index (κ1) is 19.3. The van der Waals surface area contributed by atoms with Crippen LogP contribution in [0.15, 0.2) is 77.2 Å². The van der Waals surface area contributed by atoms with E-state index in [1.165, 1.54) is 0 Å². The van der Waals surface area contributed by atoms with Crippen LogP contribution in [0, 0.1) is 0 Å². The minimum atomic E-state index is -0.462. The van der Waals surface area contributed by atoms with Crippen LogP contribution in [0.1, 0.15) is 17.4 Å². The lowest BCUT2D eigenvalue weighted by atomic mass is 10.0. The lowest BCUT2D eigenvalue weighted by Gasteiger charge is -2.14. The number of methoxy groups -OCH3 is 1. The Morgan fingerprint density at radius 3 is 2.44 bits per heavy atom. The van der Waals surface area contributed by atoms with Crippen molar-refractivity contribution >= 4 is 35.0 Å². The summed E-state index contributed by atoms with van der Waals surface area (Å²) in [6, 6.07) is 23.3. The second-order valence-electron chi connectivity index (χ2n) is 6.13. The van der Waals surface area contributed by atoms with Crippen LogP contribution in [0.2, 0.25) is 5.02 Å². The molecule has 0 radical (unpaired) electrons. The average Bonchev–Trinajstić information content (AvgIpc) is 3.11. The van der Waals surface area contributed by atoms with Crippen molar-refractivity contribution in [2.45, 2.75) is 6.04 Å². The van der Waals surface area contributed by atoms with Crippen molar-refractivity contribution in [1.29, 1.82) is 0 Å². The maximum absolute atomic E-state index is 6.44. The van der Waals surface area contributed by atoms with Crippen molar-refractivity contribution in [1.82, 2.24) is 0 Å². The predicted molar refractivity (Wildman–Crippen MR) is 113 cm³/mol. The first-order chi connectivity index (χ1) is 12.7. The number of fused-ring (bicyclic) bond motifs is 1. The summed E-state index contributed by atoms with van der Waals surface area (Å²) in [5.41, 5.74) is 10.3. The fourth-order valence-corrected chi connectivity index (χ4v) is 3.31. The summed E-state index contributed by atoms with van der Waals surface area (Å²) >= 11 is 6.13. The number of halogens is 2. The molecule has 0 aliphatic carbocycles. The van der Waals surface area contributed by atoms with Gasteiger partial charge < -0.3 is 14.9 Å². The van der Waals surface area contributed by atoms with E-state index < -0.39 is 6.04 Å². The highest BCUT2D eigenvalue weighted by Gasteiger charge is 2.19. The van der Waals surface area contributed by atoms with Crippen molar-refractivity contribution in [3.05, 3.63) is 89.1 Å². The third-order valence-electron chi connectivity index (χ3n) is 4.48. The second-order valence-corrected chi connectivity index (χ2v) is 6.57. The normalized spacial score (nSPS) is 11.8. The van der Waals surface area contributed by atoms with Crippen molar-refractivity contribution in [3.63, 3.8) is 0 Å². The van der Waals surface area contributed by atoms with Gasteiger partial charge in [0.1, 0.15) is 17.1 Å². The third kappa shape index (κ3) is 3.81. The molecule has 138 valence electrons. The molecular weight excluding hydrogens is 381 g/mol. The molecule has 27 heavy (non-hydrogen) atoms.